The van der Waals surface area contributed by atoms with Crippen molar-refractivity contribution in [3.63, 3.8) is 0 Å². The number of amides is 1. The van der Waals surface area contributed by atoms with Gasteiger partial charge in [-0.3, -0.25) is 9.59 Å². The lowest BCUT2D eigenvalue weighted by molar-refractivity contribution is 0.0784. The van der Waals surface area contributed by atoms with Crippen LogP contribution in [0.5, 0.6) is 0 Å². The molecule has 3 aromatic rings. The number of allylic oxidation sites excluding steroid dienone is 2. The van der Waals surface area contributed by atoms with Gasteiger partial charge in [-0.15, -0.1) is 0 Å². The molecule has 4 aliphatic rings. The summed E-state index contributed by atoms with van der Waals surface area (Å²) in [6.45, 7) is 1.62. The topological polar surface area (TPSA) is 70.5 Å². The maximum atomic E-state index is 13.3. The van der Waals surface area contributed by atoms with Gasteiger partial charge in [-0.25, -0.2) is 4.52 Å². The number of hydrogen-bond donors (Lipinski definition) is 1. The van der Waals surface area contributed by atoms with Gasteiger partial charge < -0.3 is 9.88 Å². The number of carbonyl (C=O) groups excluding carboxylic acids is 1. The lowest BCUT2D eigenvalue weighted by Crippen LogP contribution is -2.35. The molecule has 7 rings (SSSR count). The highest BCUT2D eigenvalue weighted by Crippen LogP contribution is 2.48. The number of hydrogen-bond acceptors (Lipinski definition) is 3. The molecule has 0 radical (unpaired) electrons. The predicted molar refractivity (Wildman–Crippen MR) is 102 cm³/mol. The van der Waals surface area contributed by atoms with Crippen LogP contribution in [0.15, 0.2) is 47.4 Å². The van der Waals surface area contributed by atoms with E-state index < -0.39 is 0 Å². The lowest BCUT2D eigenvalue weighted by Gasteiger charge is -2.40. The molecule has 1 aromatic carbocycles. The van der Waals surface area contributed by atoms with E-state index in [4.69, 9.17) is 0 Å². The molecule has 3 heterocycles. The van der Waals surface area contributed by atoms with Gasteiger partial charge in [0.15, 0.2) is 0 Å². The number of rotatable bonds is 1. The van der Waals surface area contributed by atoms with E-state index in [1.807, 2.05) is 23.1 Å². The first-order valence-corrected chi connectivity index (χ1v) is 9.67. The second-order valence-electron chi connectivity index (χ2n) is 8.12. The van der Waals surface area contributed by atoms with Crippen LogP contribution in [-0.2, 0) is 0 Å². The van der Waals surface area contributed by atoms with Crippen LogP contribution < -0.4 is 5.56 Å². The fraction of sp³-hybridized carbons (Fsp3) is 0.381. The Bertz CT molecular complexity index is 1150. The normalized spacial score (nSPS) is 29.0. The van der Waals surface area contributed by atoms with Gasteiger partial charge in [0, 0.05) is 13.1 Å². The van der Waals surface area contributed by atoms with E-state index in [2.05, 4.69) is 22.2 Å². The molecule has 0 spiro atoms. The van der Waals surface area contributed by atoms with Crippen molar-refractivity contribution in [2.45, 2.75) is 12.8 Å². The van der Waals surface area contributed by atoms with Crippen LogP contribution in [0, 0.1) is 23.7 Å². The largest absolute Gasteiger partial charge is 0.338 e. The minimum absolute atomic E-state index is 0.0234. The smallest absolute Gasteiger partial charge is 0.259 e. The zero-order valence-corrected chi connectivity index (χ0v) is 14.8. The number of nitrogens with zero attached hydrogens (tertiary/aromatic N) is 3. The minimum Gasteiger partial charge on any atom is -0.338 e. The molecule has 1 saturated carbocycles. The molecule has 1 aliphatic heterocycles. The summed E-state index contributed by atoms with van der Waals surface area (Å²) in [5.74, 6) is 2.37. The van der Waals surface area contributed by atoms with E-state index in [1.165, 1.54) is 12.8 Å². The van der Waals surface area contributed by atoms with Crippen LogP contribution in [-0.4, -0.2) is 38.5 Å². The van der Waals surface area contributed by atoms with Crippen LogP contribution in [0.4, 0.5) is 0 Å². The Morgan fingerprint density at radius 3 is 2.48 bits per heavy atom. The summed E-state index contributed by atoms with van der Waals surface area (Å²) in [6.07, 6.45) is 8.82. The molecule has 2 fully saturated rings. The van der Waals surface area contributed by atoms with Crippen LogP contribution in [0.1, 0.15) is 23.2 Å². The van der Waals surface area contributed by atoms with E-state index in [-0.39, 0.29) is 11.5 Å². The molecule has 6 heteroatoms. The third kappa shape index (κ3) is 2.04. The zero-order chi connectivity index (χ0) is 18.1. The lowest BCUT2D eigenvalue weighted by atomic mass is 9.64. The molecule has 2 bridgehead atoms. The Kier molecular flexibility index (Phi) is 2.99. The van der Waals surface area contributed by atoms with E-state index >= 15 is 0 Å². The van der Waals surface area contributed by atoms with Gasteiger partial charge in [0.25, 0.3) is 11.5 Å². The predicted octanol–water partition coefficient (Wildman–Crippen LogP) is 2.46. The molecule has 4 unspecified atom stereocenters. The maximum absolute atomic E-state index is 13.3. The first-order chi connectivity index (χ1) is 13.2. The summed E-state index contributed by atoms with van der Waals surface area (Å²) in [5, 5.41) is 4.97. The van der Waals surface area contributed by atoms with Crippen LogP contribution in [0.2, 0.25) is 0 Å². The second-order valence-corrected chi connectivity index (χ2v) is 8.12. The second kappa shape index (κ2) is 5.31. The zero-order valence-electron chi connectivity index (χ0n) is 14.8. The molecule has 2 aromatic heterocycles. The Morgan fingerprint density at radius 2 is 1.78 bits per heavy atom. The quantitative estimate of drug-likeness (QED) is 0.678. The molecule has 1 saturated heterocycles. The average Bonchev–Trinajstić information content (AvgIpc) is 3.34. The number of H-pyrrole nitrogens is 1. The molecule has 136 valence electrons. The van der Waals surface area contributed by atoms with Crippen molar-refractivity contribution in [1.82, 2.24) is 19.5 Å². The molecule has 27 heavy (non-hydrogen) atoms. The van der Waals surface area contributed by atoms with Crippen LogP contribution >= 0.6 is 0 Å². The standard InChI is InChI=1S/C21H20N4O2/c26-20-14-3-1-2-4-18(14)25-19(23-20)15(9-22-25)21(27)24-10-16-12-5-6-13(8-7-12)17(16)11-24/h1-6,9,12-13,16-17H,7-8,10-11H2,(H,23,26). The highest BCUT2D eigenvalue weighted by molar-refractivity contribution is 6.00. The molecule has 4 atom stereocenters. The first kappa shape index (κ1) is 15.2. The molecular weight excluding hydrogens is 340 g/mol. The molecule has 1 amide bonds. The minimum atomic E-state index is -0.190. The SMILES string of the molecule is O=C(c1cnn2c1[nH]c(=O)c1ccccc12)N1CC2C3C=CC(CC3)C2C1. The molecule has 3 aliphatic carbocycles. The fourth-order valence-electron chi connectivity index (χ4n) is 5.51. The van der Waals surface area contributed by atoms with E-state index in [0.29, 0.717) is 45.8 Å². The summed E-state index contributed by atoms with van der Waals surface area (Å²) in [4.78, 5) is 30.6. The summed E-state index contributed by atoms with van der Waals surface area (Å²) in [7, 11) is 0. The fourth-order valence-corrected chi connectivity index (χ4v) is 5.51. The van der Waals surface area contributed by atoms with Crippen molar-refractivity contribution in [3.8, 4) is 0 Å². The summed E-state index contributed by atoms with van der Waals surface area (Å²) in [6, 6.07) is 7.32. The number of aromatic amines is 1. The number of nitrogens with one attached hydrogen (secondary N) is 1. The van der Waals surface area contributed by atoms with Crippen molar-refractivity contribution in [2.75, 3.05) is 13.1 Å². The Labute approximate surface area is 155 Å². The third-order valence-electron chi connectivity index (χ3n) is 6.85. The summed E-state index contributed by atoms with van der Waals surface area (Å²) >= 11 is 0. The van der Waals surface area contributed by atoms with E-state index in [0.717, 1.165) is 13.1 Å². The van der Waals surface area contributed by atoms with E-state index in [9.17, 15) is 9.59 Å². The number of para-hydroxylation sites is 1. The average molecular weight is 360 g/mol. The first-order valence-electron chi connectivity index (χ1n) is 9.67. The van der Waals surface area contributed by atoms with Crippen molar-refractivity contribution >= 4 is 22.5 Å². The highest BCUT2D eigenvalue weighted by atomic mass is 16.2. The number of likely N-dealkylation sites (tertiary alicyclic amines) is 1. The third-order valence-corrected chi connectivity index (χ3v) is 6.85. The van der Waals surface area contributed by atoms with Crippen molar-refractivity contribution < 1.29 is 4.79 Å². The van der Waals surface area contributed by atoms with Crippen molar-refractivity contribution in [1.29, 1.82) is 0 Å². The number of fused-ring (bicyclic) bond motifs is 4. The van der Waals surface area contributed by atoms with Gasteiger partial charge in [0.1, 0.15) is 11.2 Å². The Hall–Kier alpha value is -2.89. The van der Waals surface area contributed by atoms with E-state index in [1.54, 1.807) is 16.8 Å². The summed E-state index contributed by atoms with van der Waals surface area (Å²) in [5.41, 5.74) is 1.49. The van der Waals surface area contributed by atoms with Crippen molar-refractivity contribution in [2.24, 2.45) is 23.7 Å². The number of carbonyl (C=O) groups is 1. The molecular formula is C21H20N4O2. The van der Waals surface area contributed by atoms with Crippen LogP contribution in [0.3, 0.4) is 0 Å². The van der Waals surface area contributed by atoms with Gasteiger partial charge >= 0.3 is 0 Å². The number of aromatic nitrogens is 3. The van der Waals surface area contributed by atoms with Gasteiger partial charge in [-0.2, -0.15) is 5.10 Å². The van der Waals surface area contributed by atoms with Gasteiger partial charge in [0.05, 0.1) is 17.1 Å². The molecule has 1 N–H and O–H groups in total. The van der Waals surface area contributed by atoms with Crippen LogP contribution in [0.25, 0.3) is 16.6 Å². The summed E-state index contributed by atoms with van der Waals surface area (Å²) < 4.78 is 1.67. The number of benzene rings is 1. The van der Waals surface area contributed by atoms with Gasteiger partial charge in [-0.05, 0) is 48.6 Å². The Morgan fingerprint density at radius 1 is 1.07 bits per heavy atom. The maximum Gasteiger partial charge on any atom is 0.259 e. The van der Waals surface area contributed by atoms with Gasteiger partial charge in [-0.1, -0.05) is 24.3 Å². The highest BCUT2D eigenvalue weighted by Gasteiger charge is 2.47. The molecule has 6 nitrogen and oxygen atoms in total. The Balaban J connectivity index is 1.40. The van der Waals surface area contributed by atoms with Crippen molar-refractivity contribution in [3.05, 3.63) is 58.5 Å². The monoisotopic (exact) mass is 360 g/mol. The van der Waals surface area contributed by atoms with Gasteiger partial charge in [0.2, 0.25) is 0 Å².